The fourth-order valence-corrected chi connectivity index (χ4v) is 2.39. The molecule has 19 heavy (non-hydrogen) atoms. The minimum Gasteiger partial charge on any atom is -0.0999 e. The SMILES string of the molecule is C=C(C)C(C)CC(c1ccccc1)c1ccccc1. The molecule has 2 rings (SSSR count). The molecule has 0 aromatic heterocycles. The third-order valence-corrected chi connectivity index (χ3v) is 3.83. The Morgan fingerprint density at radius 1 is 0.895 bits per heavy atom. The predicted octanol–water partition coefficient (Wildman–Crippen LogP) is 5.42. The van der Waals surface area contributed by atoms with Gasteiger partial charge in [-0.3, -0.25) is 0 Å². The predicted molar refractivity (Wildman–Crippen MR) is 83.3 cm³/mol. The lowest BCUT2D eigenvalue weighted by Crippen LogP contribution is -2.07. The van der Waals surface area contributed by atoms with Crippen molar-refractivity contribution in [1.82, 2.24) is 0 Å². The molecule has 0 bridgehead atoms. The van der Waals surface area contributed by atoms with Crippen LogP contribution in [0.15, 0.2) is 72.8 Å². The number of rotatable bonds is 5. The van der Waals surface area contributed by atoms with Gasteiger partial charge in [0.1, 0.15) is 0 Å². The summed E-state index contributed by atoms with van der Waals surface area (Å²) >= 11 is 0. The van der Waals surface area contributed by atoms with Gasteiger partial charge in [-0.25, -0.2) is 0 Å². The zero-order valence-electron chi connectivity index (χ0n) is 11.8. The van der Waals surface area contributed by atoms with Crippen LogP contribution in [0.5, 0.6) is 0 Å². The summed E-state index contributed by atoms with van der Waals surface area (Å²) in [6.45, 7) is 8.48. The van der Waals surface area contributed by atoms with Crippen molar-refractivity contribution in [3.8, 4) is 0 Å². The van der Waals surface area contributed by atoms with Crippen molar-refractivity contribution < 1.29 is 0 Å². The van der Waals surface area contributed by atoms with Crippen LogP contribution in [0, 0.1) is 5.92 Å². The van der Waals surface area contributed by atoms with Crippen LogP contribution in [0.25, 0.3) is 0 Å². The molecule has 0 aliphatic carbocycles. The molecule has 0 radical (unpaired) electrons. The van der Waals surface area contributed by atoms with Gasteiger partial charge in [-0.15, -0.1) is 0 Å². The Hall–Kier alpha value is -1.82. The number of hydrogen-bond acceptors (Lipinski definition) is 0. The van der Waals surface area contributed by atoms with E-state index in [0.29, 0.717) is 11.8 Å². The van der Waals surface area contributed by atoms with Gasteiger partial charge in [0.25, 0.3) is 0 Å². The average molecular weight is 250 g/mol. The van der Waals surface area contributed by atoms with Crippen molar-refractivity contribution in [2.45, 2.75) is 26.2 Å². The highest BCUT2D eigenvalue weighted by Crippen LogP contribution is 2.32. The summed E-state index contributed by atoms with van der Waals surface area (Å²) in [4.78, 5) is 0. The topological polar surface area (TPSA) is 0 Å². The minimum atomic E-state index is 0.453. The third kappa shape index (κ3) is 3.57. The second-order valence-electron chi connectivity index (χ2n) is 5.36. The first-order valence-electron chi connectivity index (χ1n) is 6.93. The highest BCUT2D eigenvalue weighted by atomic mass is 14.2. The summed E-state index contributed by atoms with van der Waals surface area (Å²) in [5.41, 5.74) is 4.04. The van der Waals surface area contributed by atoms with Gasteiger partial charge in [-0.2, -0.15) is 0 Å². The highest BCUT2D eigenvalue weighted by Gasteiger charge is 2.17. The average Bonchev–Trinajstić information content (AvgIpc) is 2.46. The van der Waals surface area contributed by atoms with Crippen LogP contribution in [0.2, 0.25) is 0 Å². The van der Waals surface area contributed by atoms with Crippen LogP contribution in [-0.2, 0) is 0 Å². The lowest BCUT2D eigenvalue weighted by atomic mass is 9.82. The molecule has 2 aromatic rings. The smallest absolute Gasteiger partial charge is 0.00949 e. The van der Waals surface area contributed by atoms with Crippen LogP contribution >= 0.6 is 0 Å². The van der Waals surface area contributed by atoms with Crippen molar-refractivity contribution in [2.75, 3.05) is 0 Å². The first-order valence-corrected chi connectivity index (χ1v) is 6.93. The Balaban J connectivity index is 2.32. The van der Waals surface area contributed by atoms with E-state index in [1.54, 1.807) is 0 Å². The second kappa shape index (κ2) is 6.38. The lowest BCUT2D eigenvalue weighted by Gasteiger charge is -2.22. The van der Waals surface area contributed by atoms with Gasteiger partial charge in [0.15, 0.2) is 0 Å². The molecule has 0 amide bonds. The van der Waals surface area contributed by atoms with Crippen molar-refractivity contribution in [1.29, 1.82) is 0 Å². The van der Waals surface area contributed by atoms with E-state index >= 15 is 0 Å². The van der Waals surface area contributed by atoms with Crippen LogP contribution < -0.4 is 0 Å². The standard InChI is InChI=1S/C19H22/c1-15(2)16(3)14-19(17-10-6-4-7-11-17)18-12-8-5-9-13-18/h4-13,16,19H,1,14H2,2-3H3. The molecular weight excluding hydrogens is 228 g/mol. The van der Waals surface area contributed by atoms with E-state index in [4.69, 9.17) is 0 Å². The van der Waals surface area contributed by atoms with Gasteiger partial charge >= 0.3 is 0 Å². The monoisotopic (exact) mass is 250 g/mol. The van der Waals surface area contributed by atoms with Gasteiger partial charge < -0.3 is 0 Å². The van der Waals surface area contributed by atoms with Gasteiger partial charge in [-0.1, -0.05) is 79.7 Å². The maximum Gasteiger partial charge on any atom is 0.00949 e. The summed E-state index contributed by atoms with van der Waals surface area (Å²) in [6.07, 6.45) is 1.11. The van der Waals surface area contributed by atoms with E-state index in [1.165, 1.54) is 16.7 Å². The molecule has 0 heterocycles. The Labute approximate surface area is 116 Å². The van der Waals surface area contributed by atoms with Crippen LogP contribution in [0.4, 0.5) is 0 Å². The van der Waals surface area contributed by atoms with Crippen molar-refractivity contribution in [2.24, 2.45) is 5.92 Å². The molecule has 2 aromatic carbocycles. The van der Waals surface area contributed by atoms with E-state index < -0.39 is 0 Å². The van der Waals surface area contributed by atoms with Gasteiger partial charge in [-0.05, 0) is 30.4 Å². The van der Waals surface area contributed by atoms with E-state index in [9.17, 15) is 0 Å². The normalized spacial score (nSPS) is 12.4. The van der Waals surface area contributed by atoms with E-state index in [0.717, 1.165) is 6.42 Å². The fourth-order valence-electron chi connectivity index (χ4n) is 2.39. The number of benzene rings is 2. The molecule has 98 valence electrons. The molecule has 0 spiro atoms. The number of hydrogen-bond donors (Lipinski definition) is 0. The molecule has 0 heteroatoms. The van der Waals surface area contributed by atoms with Crippen LogP contribution in [0.3, 0.4) is 0 Å². The zero-order chi connectivity index (χ0) is 13.7. The molecule has 0 saturated heterocycles. The zero-order valence-corrected chi connectivity index (χ0v) is 11.8. The molecule has 0 saturated carbocycles. The first-order chi connectivity index (χ1) is 9.18. The summed E-state index contributed by atoms with van der Waals surface area (Å²) in [7, 11) is 0. The van der Waals surface area contributed by atoms with Gasteiger partial charge in [0.2, 0.25) is 0 Å². The molecule has 0 aliphatic rings. The molecular formula is C19H22. The maximum atomic E-state index is 4.10. The summed E-state index contributed by atoms with van der Waals surface area (Å²) < 4.78 is 0. The van der Waals surface area contributed by atoms with Crippen molar-refractivity contribution in [3.05, 3.63) is 83.9 Å². The Kier molecular flexibility index (Phi) is 4.57. The van der Waals surface area contributed by atoms with E-state index in [2.05, 4.69) is 81.1 Å². The number of allylic oxidation sites excluding steroid dienone is 1. The fraction of sp³-hybridized carbons (Fsp3) is 0.263. The minimum absolute atomic E-state index is 0.453. The summed E-state index contributed by atoms with van der Waals surface area (Å²) in [5, 5.41) is 0. The highest BCUT2D eigenvalue weighted by molar-refractivity contribution is 5.32. The van der Waals surface area contributed by atoms with Gasteiger partial charge in [0, 0.05) is 5.92 Å². The van der Waals surface area contributed by atoms with E-state index in [-0.39, 0.29) is 0 Å². The third-order valence-electron chi connectivity index (χ3n) is 3.83. The molecule has 0 fully saturated rings. The quantitative estimate of drug-likeness (QED) is 0.621. The largest absolute Gasteiger partial charge is 0.0999 e. The molecule has 0 aliphatic heterocycles. The molecule has 1 unspecified atom stereocenters. The van der Waals surface area contributed by atoms with Crippen LogP contribution in [-0.4, -0.2) is 0 Å². The Bertz CT molecular complexity index is 471. The molecule has 0 nitrogen and oxygen atoms in total. The van der Waals surface area contributed by atoms with Crippen molar-refractivity contribution >= 4 is 0 Å². The maximum absolute atomic E-state index is 4.10. The lowest BCUT2D eigenvalue weighted by molar-refractivity contribution is 0.565. The molecule has 1 atom stereocenters. The molecule has 0 N–H and O–H groups in total. The summed E-state index contributed by atoms with van der Waals surface area (Å²) in [5.74, 6) is 0.986. The second-order valence-corrected chi connectivity index (χ2v) is 5.36. The Morgan fingerprint density at radius 2 is 1.32 bits per heavy atom. The van der Waals surface area contributed by atoms with E-state index in [1.807, 2.05) is 0 Å². The first kappa shape index (κ1) is 13.6. The van der Waals surface area contributed by atoms with Crippen LogP contribution in [0.1, 0.15) is 37.3 Å². The summed E-state index contributed by atoms with van der Waals surface area (Å²) in [6, 6.07) is 21.5. The van der Waals surface area contributed by atoms with Gasteiger partial charge in [0.05, 0.1) is 0 Å². The van der Waals surface area contributed by atoms with Crippen molar-refractivity contribution in [3.63, 3.8) is 0 Å². The Morgan fingerprint density at radius 3 is 1.68 bits per heavy atom.